The summed E-state index contributed by atoms with van der Waals surface area (Å²) in [6.45, 7) is 0. The van der Waals surface area contributed by atoms with Crippen LogP contribution < -0.4 is 20.3 Å². The minimum atomic E-state index is -0.775. The molecule has 0 aliphatic heterocycles. The number of methoxy groups -OCH3 is 2. The fraction of sp³-hybridized carbons (Fsp3) is 0.125. The monoisotopic (exact) mass is 396 g/mol. The van der Waals surface area contributed by atoms with Crippen molar-refractivity contribution in [2.45, 2.75) is 0 Å². The van der Waals surface area contributed by atoms with Crippen LogP contribution in [0.4, 0.5) is 4.39 Å². The predicted molar refractivity (Wildman–Crippen MR) is 88.6 cm³/mol. The van der Waals surface area contributed by atoms with Crippen LogP contribution in [-0.2, 0) is 0 Å². The molecule has 0 fully saturated rings. The number of carbonyl (C=O) groups excluding carboxylic acids is 2. The first-order valence-electron chi connectivity index (χ1n) is 6.74. The van der Waals surface area contributed by atoms with Crippen LogP contribution in [0.3, 0.4) is 0 Å². The van der Waals surface area contributed by atoms with Crippen molar-refractivity contribution in [3.8, 4) is 11.5 Å². The number of halogens is 2. The van der Waals surface area contributed by atoms with Crippen LogP contribution in [0.1, 0.15) is 20.7 Å². The molecule has 0 radical (unpaired) electrons. The SMILES string of the molecule is COc1ccc(C(=O)NNC(=O)c2cc(Br)ccc2F)cc1OC. The molecule has 0 unspecified atom stereocenters. The average Bonchev–Trinajstić information content (AvgIpc) is 2.60. The maximum absolute atomic E-state index is 13.6. The molecule has 0 bridgehead atoms. The van der Waals surface area contributed by atoms with Crippen LogP contribution in [0.5, 0.6) is 11.5 Å². The van der Waals surface area contributed by atoms with E-state index in [-0.39, 0.29) is 11.1 Å². The maximum Gasteiger partial charge on any atom is 0.272 e. The van der Waals surface area contributed by atoms with Gasteiger partial charge < -0.3 is 9.47 Å². The average molecular weight is 397 g/mol. The predicted octanol–water partition coefficient (Wildman–Crippen LogP) is 2.68. The van der Waals surface area contributed by atoms with E-state index >= 15 is 0 Å². The number of benzene rings is 2. The highest BCUT2D eigenvalue weighted by Gasteiger charge is 2.15. The van der Waals surface area contributed by atoms with Crippen molar-refractivity contribution in [2.24, 2.45) is 0 Å². The Hall–Kier alpha value is -2.61. The Morgan fingerprint density at radius 3 is 2.29 bits per heavy atom. The standard InChI is InChI=1S/C16H14BrFN2O4/c1-23-13-6-3-9(7-14(13)24-2)15(21)19-20-16(22)11-8-10(17)4-5-12(11)18/h3-8H,1-2H3,(H,19,21)(H,20,22). The van der Waals surface area contributed by atoms with E-state index in [0.29, 0.717) is 16.0 Å². The summed E-state index contributed by atoms with van der Waals surface area (Å²) in [5.41, 5.74) is 4.42. The summed E-state index contributed by atoms with van der Waals surface area (Å²) >= 11 is 3.15. The minimum Gasteiger partial charge on any atom is -0.493 e. The van der Waals surface area contributed by atoms with Crippen molar-refractivity contribution >= 4 is 27.7 Å². The molecule has 0 heterocycles. The molecular weight excluding hydrogens is 383 g/mol. The van der Waals surface area contributed by atoms with Crippen LogP contribution in [0.2, 0.25) is 0 Å². The van der Waals surface area contributed by atoms with E-state index in [9.17, 15) is 14.0 Å². The number of hydrogen-bond acceptors (Lipinski definition) is 4. The zero-order valence-electron chi connectivity index (χ0n) is 12.9. The van der Waals surface area contributed by atoms with Gasteiger partial charge in [0.15, 0.2) is 11.5 Å². The topological polar surface area (TPSA) is 76.7 Å². The molecule has 2 aromatic rings. The van der Waals surface area contributed by atoms with Gasteiger partial charge in [0.25, 0.3) is 11.8 Å². The van der Waals surface area contributed by atoms with E-state index in [0.717, 1.165) is 6.07 Å². The molecule has 0 aromatic heterocycles. The summed E-state index contributed by atoms with van der Waals surface area (Å²) in [4.78, 5) is 24.0. The highest BCUT2D eigenvalue weighted by atomic mass is 79.9. The van der Waals surface area contributed by atoms with E-state index in [1.165, 1.54) is 38.5 Å². The number of hydrazine groups is 1. The minimum absolute atomic E-state index is 0.197. The Kier molecular flexibility index (Phi) is 5.75. The Morgan fingerprint density at radius 2 is 1.62 bits per heavy atom. The molecule has 0 spiro atoms. The first kappa shape index (κ1) is 17.7. The molecule has 2 aromatic carbocycles. The lowest BCUT2D eigenvalue weighted by Crippen LogP contribution is -2.42. The van der Waals surface area contributed by atoms with Crippen LogP contribution in [0.15, 0.2) is 40.9 Å². The molecule has 126 valence electrons. The lowest BCUT2D eigenvalue weighted by atomic mass is 10.2. The number of nitrogens with one attached hydrogen (secondary N) is 2. The van der Waals surface area contributed by atoms with Crippen molar-refractivity contribution in [2.75, 3.05) is 14.2 Å². The summed E-state index contributed by atoms with van der Waals surface area (Å²) < 4.78 is 24.3. The lowest BCUT2D eigenvalue weighted by molar-refractivity contribution is 0.0844. The molecule has 8 heteroatoms. The van der Waals surface area contributed by atoms with Crippen molar-refractivity contribution in [3.63, 3.8) is 0 Å². The molecule has 24 heavy (non-hydrogen) atoms. The molecule has 2 N–H and O–H groups in total. The van der Waals surface area contributed by atoms with Gasteiger partial charge in [-0.25, -0.2) is 4.39 Å². The second-order valence-corrected chi connectivity index (χ2v) is 5.52. The summed E-state index contributed by atoms with van der Waals surface area (Å²) in [6, 6.07) is 8.45. The van der Waals surface area contributed by atoms with E-state index in [4.69, 9.17) is 9.47 Å². The Morgan fingerprint density at radius 1 is 0.958 bits per heavy atom. The highest BCUT2D eigenvalue weighted by Crippen LogP contribution is 2.27. The summed E-state index contributed by atoms with van der Waals surface area (Å²) in [5, 5.41) is 0. The van der Waals surface area contributed by atoms with Crippen molar-refractivity contribution in [3.05, 3.63) is 57.8 Å². The lowest BCUT2D eigenvalue weighted by Gasteiger charge is -2.11. The quantitative estimate of drug-likeness (QED) is 0.778. The largest absolute Gasteiger partial charge is 0.493 e. The molecule has 0 aliphatic rings. The van der Waals surface area contributed by atoms with Gasteiger partial charge in [0, 0.05) is 10.0 Å². The van der Waals surface area contributed by atoms with Crippen LogP contribution in [0, 0.1) is 5.82 Å². The second-order valence-electron chi connectivity index (χ2n) is 4.60. The number of ether oxygens (including phenoxy) is 2. The molecule has 0 saturated heterocycles. The molecule has 0 aliphatic carbocycles. The zero-order valence-corrected chi connectivity index (χ0v) is 14.4. The molecular formula is C16H14BrFN2O4. The molecule has 6 nitrogen and oxygen atoms in total. The number of rotatable bonds is 4. The third-order valence-electron chi connectivity index (χ3n) is 3.11. The van der Waals surface area contributed by atoms with Gasteiger partial charge in [0.1, 0.15) is 5.82 Å². The van der Waals surface area contributed by atoms with Crippen molar-refractivity contribution < 1.29 is 23.5 Å². The normalized spacial score (nSPS) is 10.0. The van der Waals surface area contributed by atoms with Crippen LogP contribution >= 0.6 is 15.9 Å². The fourth-order valence-corrected chi connectivity index (χ4v) is 2.26. The van der Waals surface area contributed by atoms with Gasteiger partial charge >= 0.3 is 0 Å². The van der Waals surface area contributed by atoms with Crippen molar-refractivity contribution in [1.82, 2.24) is 10.9 Å². The van der Waals surface area contributed by atoms with Gasteiger partial charge in [0.2, 0.25) is 0 Å². The van der Waals surface area contributed by atoms with E-state index < -0.39 is 17.6 Å². The van der Waals surface area contributed by atoms with Gasteiger partial charge in [-0.05, 0) is 36.4 Å². The number of hydrogen-bond donors (Lipinski definition) is 2. The fourth-order valence-electron chi connectivity index (χ4n) is 1.90. The third kappa shape index (κ3) is 4.02. The van der Waals surface area contributed by atoms with Crippen LogP contribution in [-0.4, -0.2) is 26.0 Å². The summed E-state index contributed by atoms with van der Waals surface area (Å²) in [5.74, 6) is -1.22. The Bertz CT molecular complexity index is 783. The highest BCUT2D eigenvalue weighted by molar-refractivity contribution is 9.10. The van der Waals surface area contributed by atoms with E-state index in [2.05, 4.69) is 26.8 Å². The smallest absolute Gasteiger partial charge is 0.272 e. The van der Waals surface area contributed by atoms with E-state index in [1.807, 2.05) is 0 Å². The van der Waals surface area contributed by atoms with Crippen molar-refractivity contribution in [1.29, 1.82) is 0 Å². The summed E-state index contributed by atoms with van der Waals surface area (Å²) in [7, 11) is 2.92. The first-order chi connectivity index (χ1) is 11.5. The molecule has 2 rings (SSSR count). The number of carbonyl (C=O) groups is 2. The Labute approximate surface area is 146 Å². The van der Waals surface area contributed by atoms with Gasteiger partial charge in [-0.1, -0.05) is 15.9 Å². The third-order valence-corrected chi connectivity index (χ3v) is 3.60. The van der Waals surface area contributed by atoms with Gasteiger partial charge in [-0.15, -0.1) is 0 Å². The second kappa shape index (κ2) is 7.78. The summed E-state index contributed by atoms with van der Waals surface area (Å²) in [6.07, 6.45) is 0. The molecule has 0 atom stereocenters. The maximum atomic E-state index is 13.6. The van der Waals surface area contributed by atoms with Gasteiger partial charge in [-0.3, -0.25) is 20.4 Å². The first-order valence-corrected chi connectivity index (χ1v) is 7.53. The molecule has 2 amide bonds. The Balaban J connectivity index is 2.07. The van der Waals surface area contributed by atoms with Gasteiger partial charge in [0.05, 0.1) is 19.8 Å². The molecule has 0 saturated carbocycles. The zero-order chi connectivity index (χ0) is 17.7. The van der Waals surface area contributed by atoms with Gasteiger partial charge in [-0.2, -0.15) is 0 Å². The van der Waals surface area contributed by atoms with E-state index in [1.54, 1.807) is 6.07 Å². The van der Waals surface area contributed by atoms with Crippen LogP contribution in [0.25, 0.3) is 0 Å². The number of amides is 2.